The van der Waals surface area contributed by atoms with Crippen molar-refractivity contribution >= 4 is 22.9 Å². The van der Waals surface area contributed by atoms with E-state index in [1.165, 1.54) is 40.3 Å². The minimum atomic E-state index is -1.05. The maximum atomic E-state index is 14.3. The van der Waals surface area contributed by atoms with Gasteiger partial charge in [0, 0.05) is 43.4 Å². The third kappa shape index (κ3) is 5.14. The van der Waals surface area contributed by atoms with Gasteiger partial charge in [-0.15, -0.1) is 0 Å². The number of aromatic nitrogens is 1. The second kappa shape index (κ2) is 10.6. The highest BCUT2D eigenvalue weighted by Crippen LogP contribution is 2.35. The summed E-state index contributed by atoms with van der Waals surface area (Å²) in [6.45, 7) is 0.521. The molecule has 8 nitrogen and oxygen atoms in total. The first kappa shape index (κ1) is 26.6. The lowest BCUT2D eigenvalue weighted by Gasteiger charge is -2.27. The smallest absolute Gasteiger partial charge is 0.407 e. The predicted molar refractivity (Wildman–Crippen MR) is 144 cm³/mol. The third-order valence-corrected chi connectivity index (χ3v) is 7.09. The van der Waals surface area contributed by atoms with Crippen LogP contribution in [0.2, 0.25) is 0 Å². The molecule has 1 fully saturated rings. The van der Waals surface area contributed by atoms with Gasteiger partial charge in [-0.25, -0.2) is 13.6 Å². The van der Waals surface area contributed by atoms with Crippen LogP contribution in [0.1, 0.15) is 28.8 Å². The Balaban J connectivity index is 1.68. The number of phenols is 1. The number of rotatable bonds is 5. The number of carboxylic acid groups (broad SMARTS) is 1. The van der Waals surface area contributed by atoms with Crippen LogP contribution in [-0.2, 0) is 0 Å². The van der Waals surface area contributed by atoms with Crippen molar-refractivity contribution in [3.63, 3.8) is 0 Å². The van der Waals surface area contributed by atoms with Crippen molar-refractivity contribution in [2.45, 2.75) is 18.9 Å². The molecule has 1 aromatic heterocycles. The molecule has 0 radical (unpaired) electrons. The number of pyridine rings is 1. The number of carbonyl (C=O) groups excluding carboxylic acids is 1. The molecule has 1 saturated heterocycles. The number of aromatic hydroxyl groups is 1. The van der Waals surface area contributed by atoms with Crippen LogP contribution >= 0.6 is 0 Å². The number of likely N-dealkylation sites (tertiary alicyclic amines) is 1. The molecule has 1 aliphatic rings. The minimum absolute atomic E-state index is 0.132. The Kier molecular flexibility index (Phi) is 7.05. The fourth-order valence-electron chi connectivity index (χ4n) is 5.24. The second-order valence-electron chi connectivity index (χ2n) is 9.77. The van der Waals surface area contributed by atoms with Crippen molar-refractivity contribution < 1.29 is 28.6 Å². The van der Waals surface area contributed by atoms with E-state index >= 15 is 0 Å². The summed E-state index contributed by atoms with van der Waals surface area (Å²) in [5.41, 5.74) is 2.16. The fraction of sp³-hybridized carbons (Fsp3) is 0.200. The monoisotopic (exact) mass is 542 g/mol. The Morgan fingerprint density at radius 1 is 1.07 bits per heavy atom. The fourth-order valence-corrected chi connectivity index (χ4v) is 5.24. The van der Waals surface area contributed by atoms with Gasteiger partial charge in [-0.2, -0.15) is 5.26 Å². The number of fused-ring (bicyclic) bond motifs is 1. The SMILES string of the molecule is CN(C[C@@H]1CCCN1C(=O)O)C(=O)c1c(-c2cc(O)cc(F)c2)cnc2ccc(-c3cc(F)cc(C#N)c3)cc12. The predicted octanol–water partition coefficient (Wildman–Crippen LogP) is 5.64. The van der Waals surface area contributed by atoms with Gasteiger partial charge in [0.2, 0.25) is 0 Å². The molecule has 202 valence electrons. The minimum Gasteiger partial charge on any atom is -0.508 e. The van der Waals surface area contributed by atoms with Crippen LogP contribution < -0.4 is 0 Å². The zero-order valence-electron chi connectivity index (χ0n) is 21.4. The van der Waals surface area contributed by atoms with Crippen molar-refractivity contribution in [3.05, 3.63) is 83.6 Å². The first-order chi connectivity index (χ1) is 19.1. The van der Waals surface area contributed by atoms with Crippen molar-refractivity contribution in [2.75, 3.05) is 20.1 Å². The van der Waals surface area contributed by atoms with Gasteiger partial charge in [-0.3, -0.25) is 9.78 Å². The molecule has 1 aliphatic heterocycles. The molecule has 5 rings (SSSR count). The van der Waals surface area contributed by atoms with Gasteiger partial charge in [0.25, 0.3) is 5.91 Å². The van der Waals surface area contributed by atoms with Crippen LogP contribution in [0.5, 0.6) is 5.75 Å². The van der Waals surface area contributed by atoms with Gasteiger partial charge in [-0.1, -0.05) is 6.07 Å². The Hall–Kier alpha value is -5.04. The molecule has 2 N–H and O–H groups in total. The summed E-state index contributed by atoms with van der Waals surface area (Å²) in [6.07, 6.45) is 1.67. The number of nitriles is 1. The van der Waals surface area contributed by atoms with E-state index in [0.29, 0.717) is 41.4 Å². The van der Waals surface area contributed by atoms with E-state index in [2.05, 4.69) is 4.98 Å². The van der Waals surface area contributed by atoms with Gasteiger partial charge < -0.3 is 20.0 Å². The van der Waals surface area contributed by atoms with Crippen LogP contribution in [0.4, 0.5) is 13.6 Å². The van der Waals surface area contributed by atoms with Crippen molar-refractivity contribution in [1.29, 1.82) is 5.26 Å². The Labute approximate surface area is 228 Å². The summed E-state index contributed by atoms with van der Waals surface area (Å²) in [4.78, 5) is 32.9. The molecule has 3 aromatic carbocycles. The Morgan fingerprint density at radius 3 is 2.55 bits per heavy atom. The quantitative estimate of drug-likeness (QED) is 0.337. The number of hydrogen-bond acceptors (Lipinski definition) is 5. The number of benzene rings is 3. The van der Waals surface area contributed by atoms with Gasteiger partial charge in [-0.05, 0) is 72.0 Å². The lowest BCUT2D eigenvalue weighted by molar-refractivity contribution is 0.0746. The van der Waals surface area contributed by atoms with Crippen molar-refractivity contribution in [1.82, 2.24) is 14.8 Å². The number of phenolic OH excluding ortho intramolecular Hbond substituents is 1. The molecule has 2 amide bonds. The van der Waals surface area contributed by atoms with Crippen LogP contribution in [0.15, 0.2) is 60.8 Å². The summed E-state index contributed by atoms with van der Waals surface area (Å²) in [5, 5.41) is 29.3. The third-order valence-electron chi connectivity index (χ3n) is 7.09. The first-order valence-electron chi connectivity index (χ1n) is 12.5. The number of hydrogen-bond donors (Lipinski definition) is 2. The molecule has 0 unspecified atom stereocenters. The summed E-state index contributed by atoms with van der Waals surface area (Å²) in [6, 6.07) is 13.9. The maximum Gasteiger partial charge on any atom is 0.407 e. The lowest BCUT2D eigenvalue weighted by Crippen LogP contribution is -2.43. The number of nitrogens with zero attached hydrogens (tertiary/aromatic N) is 4. The number of likely N-dealkylation sites (N-methyl/N-ethyl adjacent to an activating group) is 1. The van der Waals surface area contributed by atoms with Crippen LogP contribution in [-0.4, -0.2) is 63.2 Å². The largest absolute Gasteiger partial charge is 0.508 e. The molecular weight excluding hydrogens is 518 g/mol. The zero-order chi connectivity index (χ0) is 28.6. The molecule has 2 heterocycles. The standard InChI is InChI=1S/C30H24F2N4O4/c1-35(16-23-3-2-6-36(23)30(39)40)29(38)28-25-12-18(19-7-17(14-33)8-21(31)9-19)4-5-27(25)34-15-26(28)20-10-22(32)13-24(37)11-20/h4-5,7-13,15,23,37H,2-3,6,16H2,1H3,(H,39,40)/t23-/m0/s1. The molecular formula is C30H24F2N4O4. The van der Waals surface area contributed by atoms with E-state index in [4.69, 9.17) is 0 Å². The van der Waals surface area contributed by atoms with E-state index in [9.17, 15) is 33.8 Å². The van der Waals surface area contributed by atoms with Gasteiger partial charge in [0.15, 0.2) is 0 Å². The Morgan fingerprint density at radius 2 is 1.82 bits per heavy atom. The van der Waals surface area contributed by atoms with E-state index in [-0.39, 0.29) is 40.6 Å². The zero-order valence-corrected chi connectivity index (χ0v) is 21.4. The molecule has 40 heavy (non-hydrogen) atoms. The van der Waals surface area contributed by atoms with Gasteiger partial charge in [0.1, 0.15) is 17.4 Å². The van der Waals surface area contributed by atoms with Crippen LogP contribution in [0.25, 0.3) is 33.2 Å². The average molecular weight is 543 g/mol. The number of carbonyl (C=O) groups is 2. The van der Waals surface area contributed by atoms with Crippen molar-refractivity contribution in [3.8, 4) is 34.1 Å². The summed E-state index contributed by atoms with van der Waals surface area (Å²) < 4.78 is 28.5. The topological polar surface area (TPSA) is 118 Å². The molecule has 1 atom stereocenters. The summed E-state index contributed by atoms with van der Waals surface area (Å²) in [5.74, 6) is -2.09. The van der Waals surface area contributed by atoms with Crippen molar-refractivity contribution in [2.24, 2.45) is 0 Å². The van der Waals surface area contributed by atoms with Crippen LogP contribution in [0.3, 0.4) is 0 Å². The van der Waals surface area contributed by atoms with Gasteiger partial charge >= 0.3 is 6.09 Å². The number of amides is 2. The summed E-state index contributed by atoms with van der Waals surface area (Å²) in [7, 11) is 1.56. The van der Waals surface area contributed by atoms with E-state index in [1.807, 2.05) is 6.07 Å². The Bertz CT molecular complexity index is 1680. The molecule has 0 aliphatic carbocycles. The molecule has 4 aromatic rings. The highest BCUT2D eigenvalue weighted by Gasteiger charge is 2.31. The van der Waals surface area contributed by atoms with Gasteiger partial charge in [0.05, 0.1) is 28.8 Å². The van der Waals surface area contributed by atoms with Crippen LogP contribution in [0, 0.1) is 23.0 Å². The average Bonchev–Trinajstić information content (AvgIpc) is 3.39. The maximum absolute atomic E-state index is 14.3. The number of halogens is 2. The second-order valence-corrected chi connectivity index (χ2v) is 9.77. The van der Waals surface area contributed by atoms with E-state index < -0.39 is 23.6 Å². The molecule has 10 heteroatoms. The highest BCUT2D eigenvalue weighted by atomic mass is 19.1. The lowest BCUT2D eigenvalue weighted by atomic mass is 9.94. The molecule has 0 bridgehead atoms. The van der Waals surface area contributed by atoms with E-state index in [1.54, 1.807) is 25.2 Å². The molecule has 0 saturated carbocycles. The normalized spacial score (nSPS) is 14.8. The first-order valence-corrected chi connectivity index (χ1v) is 12.5. The van der Waals surface area contributed by atoms with E-state index in [0.717, 1.165) is 12.1 Å². The highest BCUT2D eigenvalue weighted by molar-refractivity contribution is 6.12. The molecule has 0 spiro atoms. The summed E-state index contributed by atoms with van der Waals surface area (Å²) >= 11 is 0.